The molecular formula is C18H20O3S. The molecule has 116 valence electrons. The molecule has 0 fully saturated rings. The molecule has 0 radical (unpaired) electrons. The lowest BCUT2D eigenvalue weighted by Crippen LogP contribution is -2.31. The fourth-order valence-electron chi connectivity index (χ4n) is 3.67. The van der Waals surface area contributed by atoms with E-state index in [2.05, 4.69) is 0 Å². The summed E-state index contributed by atoms with van der Waals surface area (Å²) >= 11 is 0. The van der Waals surface area contributed by atoms with E-state index in [9.17, 15) is 13.5 Å². The second-order valence-electron chi connectivity index (χ2n) is 6.58. The van der Waals surface area contributed by atoms with E-state index < -0.39 is 15.3 Å². The highest BCUT2D eigenvalue weighted by Gasteiger charge is 2.44. The zero-order valence-corrected chi connectivity index (χ0v) is 14.3. The fourth-order valence-corrected chi connectivity index (χ4v) is 5.96. The van der Waals surface area contributed by atoms with Crippen LogP contribution >= 0.6 is 0 Å². The van der Waals surface area contributed by atoms with Crippen LogP contribution < -0.4 is 0 Å². The molecule has 3 nitrogen and oxygen atoms in total. The third kappa shape index (κ3) is 1.70. The van der Waals surface area contributed by atoms with E-state index in [1.54, 1.807) is 12.1 Å². The average Bonchev–Trinajstić information content (AvgIpc) is 2.42. The van der Waals surface area contributed by atoms with Gasteiger partial charge in [-0.05, 0) is 60.7 Å². The molecule has 0 saturated heterocycles. The van der Waals surface area contributed by atoms with Crippen LogP contribution in [0.2, 0.25) is 0 Å². The molecule has 2 aliphatic rings. The molecule has 0 atom stereocenters. The van der Waals surface area contributed by atoms with Gasteiger partial charge in [-0.1, -0.05) is 26.0 Å². The van der Waals surface area contributed by atoms with Crippen LogP contribution in [0.25, 0.3) is 0 Å². The van der Waals surface area contributed by atoms with Crippen molar-refractivity contribution in [2.45, 2.75) is 49.8 Å². The van der Waals surface area contributed by atoms with Gasteiger partial charge in [0.15, 0.2) is 0 Å². The third-order valence-electron chi connectivity index (χ3n) is 4.94. The molecule has 2 aromatic carbocycles. The summed E-state index contributed by atoms with van der Waals surface area (Å²) in [6.45, 7) is 9.83. The molecule has 2 heterocycles. The lowest BCUT2D eigenvalue weighted by molar-refractivity contribution is 0.474. The summed E-state index contributed by atoms with van der Waals surface area (Å²) in [6, 6.07) is 6.98. The average molecular weight is 316 g/mol. The van der Waals surface area contributed by atoms with Gasteiger partial charge in [-0.15, -0.1) is 0 Å². The molecule has 0 aromatic heterocycles. The summed E-state index contributed by atoms with van der Waals surface area (Å²) in [5.41, 5.74) is 4.19. The maximum absolute atomic E-state index is 12.6. The molecule has 22 heavy (non-hydrogen) atoms. The smallest absolute Gasteiger partial charge is 0.207 e. The van der Waals surface area contributed by atoms with Crippen molar-refractivity contribution in [2.24, 2.45) is 0 Å². The Bertz CT molecular complexity index is 889. The van der Waals surface area contributed by atoms with Crippen molar-refractivity contribution in [3.8, 4) is 5.75 Å². The molecule has 0 saturated carbocycles. The summed E-state index contributed by atoms with van der Waals surface area (Å²) in [7, 11) is -3.29. The van der Waals surface area contributed by atoms with Crippen molar-refractivity contribution in [3.63, 3.8) is 0 Å². The van der Waals surface area contributed by atoms with Gasteiger partial charge in [0.25, 0.3) is 0 Å². The quantitative estimate of drug-likeness (QED) is 0.782. The minimum Gasteiger partial charge on any atom is -0.508 e. The van der Waals surface area contributed by atoms with Crippen LogP contribution in [0.3, 0.4) is 0 Å². The second kappa shape index (κ2) is 4.35. The first-order chi connectivity index (χ1) is 10.1. The van der Waals surface area contributed by atoms with Gasteiger partial charge >= 0.3 is 0 Å². The normalized spacial score (nSPS) is 15.5. The minimum absolute atomic E-state index is 0.207. The maximum Gasteiger partial charge on any atom is 0.207 e. The van der Waals surface area contributed by atoms with Crippen LogP contribution in [0.15, 0.2) is 34.1 Å². The monoisotopic (exact) mass is 316 g/mol. The molecule has 0 spiro atoms. The molecule has 2 aliphatic heterocycles. The van der Waals surface area contributed by atoms with Crippen molar-refractivity contribution in [1.29, 1.82) is 0 Å². The van der Waals surface area contributed by atoms with E-state index in [4.69, 9.17) is 0 Å². The first-order valence-corrected chi connectivity index (χ1v) is 8.77. The standard InChI is InChI=1S/C18H20O3S/c1-10-11(2)16-12(3)17(22(16,20)21)15(10)18(4,5)13-6-8-14(19)9-7-13/h6-9,19H,1-5H3. The predicted octanol–water partition coefficient (Wildman–Crippen LogP) is 3.79. The Kier molecular flexibility index (Phi) is 2.99. The number of hydrogen-bond acceptors (Lipinski definition) is 3. The predicted molar refractivity (Wildman–Crippen MR) is 86.3 cm³/mol. The summed E-state index contributed by atoms with van der Waals surface area (Å²) in [6.07, 6.45) is 0. The first-order valence-electron chi connectivity index (χ1n) is 7.29. The summed E-state index contributed by atoms with van der Waals surface area (Å²) in [5, 5.41) is 9.49. The Morgan fingerprint density at radius 1 is 0.864 bits per heavy atom. The zero-order chi connectivity index (χ0) is 16.4. The lowest BCUT2D eigenvalue weighted by atomic mass is 9.74. The molecule has 1 N–H and O–H groups in total. The lowest BCUT2D eigenvalue weighted by Gasteiger charge is -2.37. The van der Waals surface area contributed by atoms with Gasteiger partial charge in [-0.2, -0.15) is 0 Å². The van der Waals surface area contributed by atoms with Gasteiger partial charge in [0.05, 0.1) is 9.79 Å². The largest absolute Gasteiger partial charge is 0.508 e. The van der Waals surface area contributed by atoms with Crippen LogP contribution in [0.5, 0.6) is 5.75 Å². The number of rotatable bonds is 2. The van der Waals surface area contributed by atoms with Crippen molar-refractivity contribution in [2.75, 3.05) is 0 Å². The zero-order valence-electron chi connectivity index (χ0n) is 13.5. The number of aryl methyl sites for hydroxylation is 1. The van der Waals surface area contributed by atoms with Crippen molar-refractivity contribution >= 4 is 9.84 Å². The Balaban J connectivity index is 2.33. The van der Waals surface area contributed by atoms with E-state index >= 15 is 0 Å². The van der Waals surface area contributed by atoms with Gasteiger partial charge in [-0.3, -0.25) is 0 Å². The third-order valence-corrected chi connectivity index (χ3v) is 7.14. The van der Waals surface area contributed by atoms with E-state index in [0.717, 1.165) is 27.8 Å². The Labute approximate surface area is 131 Å². The Morgan fingerprint density at radius 2 is 1.41 bits per heavy atom. The topological polar surface area (TPSA) is 54.4 Å². The van der Waals surface area contributed by atoms with Crippen LogP contribution in [0.1, 0.15) is 41.7 Å². The van der Waals surface area contributed by atoms with Crippen molar-refractivity contribution in [1.82, 2.24) is 0 Å². The Hall–Kier alpha value is -1.81. The number of aromatic hydroxyl groups is 1. The first kappa shape index (κ1) is 15.1. The highest BCUT2D eigenvalue weighted by atomic mass is 32.2. The molecule has 2 bridgehead atoms. The van der Waals surface area contributed by atoms with Crippen molar-refractivity contribution in [3.05, 3.63) is 52.1 Å². The molecule has 0 amide bonds. The highest BCUT2D eigenvalue weighted by molar-refractivity contribution is 7.93. The number of hydrogen-bond donors (Lipinski definition) is 1. The molecule has 4 heteroatoms. The fraction of sp³-hybridized carbons (Fsp3) is 0.333. The van der Waals surface area contributed by atoms with Crippen LogP contribution in [0.4, 0.5) is 0 Å². The van der Waals surface area contributed by atoms with E-state index in [0.29, 0.717) is 9.79 Å². The van der Waals surface area contributed by atoms with Crippen LogP contribution in [-0.4, -0.2) is 13.5 Å². The second-order valence-corrected chi connectivity index (χ2v) is 8.41. The SMILES string of the molecule is Cc1c(C)c2c(C)c(c1C(C)(C)c1ccc(O)cc1)S2(=O)=O. The van der Waals surface area contributed by atoms with Crippen LogP contribution in [0, 0.1) is 20.8 Å². The summed E-state index contributed by atoms with van der Waals surface area (Å²) in [4.78, 5) is 0.994. The molecule has 0 aliphatic carbocycles. The van der Waals surface area contributed by atoms with Gasteiger partial charge < -0.3 is 5.11 Å². The van der Waals surface area contributed by atoms with Crippen LogP contribution in [-0.2, 0) is 15.3 Å². The van der Waals surface area contributed by atoms with Crippen molar-refractivity contribution < 1.29 is 13.5 Å². The number of phenols is 1. The molecule has 0 unspecified atom stereocenters. The number of fused-ring (bicyclic) bond motifs is 2. The molecular weight excluding hydrogens is 296 g/mol. The van der Waals surface area contributed by atoms with Gasteiger partial charge in [0, 0.05) is 5.41 Å². The number of sulfone groups is 1. The van der Waals surface area contributed by atoms with Gasteiger partial charge in [-0.25, -0.2) is 8.42 Å². The van der Waals surface area contributed by atoms with E-state index in [1.807, 2.05) is 46.8 Å². The summed E-state index contributed by atoms with van der Waals surface area (Å²) in [5.74, 6) is 0.207. The van der Waals surface area contributed by atoms with E-state index in [-0.39, 0.29) is 5.75 Å². The van der Waals surface area contributed by atoms with Gasteiger partial charge in [0.1, 0.15) is 5.75 Å². The Morgan fingerprint density at radius 3 is 1.91 bits per heavy atom. The number of phenolic OH excluding ortho intramolecular Hbond substituents is 1. The minimum atomic E-state index is -3.29. The number of benzene rings is 2. The molecule has 2 aromatic rings. The summed E-state index contributed by atoms with van der Waals surface area (Å²) < 4.78 is 25.1. The maximum atomic E-state index is 12.6. The molecule has 4 rings (SSSR count). The van der Waals surface area contributed by atoms with Gasteiger partial charge in [0.2, 0.25) is 9.84 Å². The van der Waals surface area contributed by atoms with E-state index in [1.165, 1.54) is 0 Å². The highest BCUT2D eigenvalue weighted by Crippen LogP contribution is 2.50.